The second-order valence-electron chi connectivity index (χ2n) is 5.97. The number of fused-ring (bicyclic) bond motifs is 4. The van der Waals surface area contributed by atoms with E-state index >= 15 is 0 Å². The van der Waals surface area contributed by atoms with Crippen LogP contribution in [0.25, 0.3) is 0 Å². The number of benzene rings is 1. The lowest BCUT2D eigenvalue weighted by atomic mass is 10.0. The number of ether oxygens (including phenoxy) is 4. The van der Waals surface area contributed by atoms with Gasteiger partial charge in [0, 0.05) is 0 Å². The van der Waals surface area contributed by atoms with Crippen molar-refractivity contribution in [2.24, 2.45) is 0 Å². The van der Waals surface area contributed by atoms with E-state index in [0.29, 0.717) is 6.61 Å². The first-order valence-corrected chi connectivity index (χ1v) is 8.93. The summed E-state index contributed by atoms with van der Waals surface area (Å²) in [7, 11) is -3.95. The van der Waals surface area contributed by atoms with Crippen molar-refractivity contribution in [1.82, 2.24) is 0 Å². The van der Waals surface area contributed by atoms with Crippen molar-refractivity contribution in [3.63, 3.8) is 0 Å². The molecule has 0 N–H and O–H groups in total. The average molecular weight is 342 g/mol. The van der Waals surface area contributed by atoms with E-state index in [1.165, 1.54) is 12.1 Å². The summed E-state index contributed by atoms with van der Waals surface area (Å²) in [5, 5.41) is 0. The predicted octanol–water partition coefficient (Wildman–Crippen LogP) is 0.954. The minimum atomic E-state index is -3.95. The molecule has 4 rings (SSSR count). The van der Waals surface area contributed by atoms with E-state index in [1.54, 1.807) is 19.1 Å². The van der Waals surface area contributed by atoms with Crippen LogP contribution < -0.4 is 0 Å². The zero-order valence-electron chi connectivity index (χ0n) is 12.7. The fraction of sp³-hybridized carbons (Fsp3) is 0.600. The van der Waals surface area contributed by atoms with Crippen molar-refractivity contribution in [3.8, 4) is 0 Å². The Bertz CT molecular complexity index is 686. The highest BCUT2D eigenvalue weighted by atomic mass is 32.2. The highest BCUT2D eigenvalue weighted by Gasteiger charge is 2.57. The van der Waals surface area contributed by atoms with Gasteiger partial charge in [0.15, 0.2) is 18.7 Å². The van der Waals surface area contributed by atoms with Gasteiger partial charge in [0.2, 0.25) is 0 Å². The number of hydrogen-bond donors (Lipinski definition) is 0. The maximum absolute atomic E-state index is 12.5. The van der Waals surface area contributed by atoms with Crippen LogP contribution in [0.3, 0.4) is 0 Å². The molecule has 0 aromatic heterocycles. The van der Waals surface area contributed by atoms with E-state index in [0.717, 1.165) is 5.56 Å². The van der Waals surface area contributed by atoms with Crippen molar-refractivity contribution >= 4 is 10.1 Å². The summed E-state index contributed by atoms with van der Waals surface area (Å²) < 4.78 is 53.0. The molecule has 1 aromatic rings. The first kappa shape index (κ1) is 15.5. The molecule has 3 saturated heterocycles. The lowest BCUT2D eigenvalue weighted by molar-refractivity contribution is -0.192. The minimum Gasteiger partial charge on any atom is -0.347 e. The molecule has 0 saturated carbocycles. The Morgan fingerprint density at radius 3 is 2.52 bits per heavy atom. The van der Waals surface area contributed by atoms with Gasteiger partial charge >= 0.3 is 0 Å². The zero-order valence-corrected chi connectivity index (χ0v) is 13.6. The van der Waals surface area contributed by atoms with Crippen LogP contribution in [0.15, 0.2) is 29.2 Å². The van der Waals surface area contributed by atoms with Gasteiger partial charge < -0.3 is 18.9 Å². The molecule has 1 aromatic carbocycles. The van der Waals surface area contributed by atoms with Gasteiger partial charge in [0.05, 0.1) is 11.5 Å². The van der Waals surface area contributed by atoms with Gasteiger partial charge in [-0.2, -0.15) is 8.42 Å². The fourth-order valence-corrected chi connectivity index (χ4v) is 4.21. The summed E-state index contributed by atoms with van der Waals surface area (Å²) in [5.74, 6) is 0. The van der Waals surface area contributed by atoms with Crippen LogP contribution in [-0.4, -0.2) is 52.0 Å². The Hall–Kier alpha value is -1.03. The van der Waals surface area contributed by atoms with Gasteiger partial charge in [-0.3, -0.25) is 4.18 Å². The van der Waals surface area contributed by atoms with Crippen LogP contribution >= 0.6 is 0 Å². The highest BCUT2D eigenvalue weighted by molar-refractivity contribution is 7.86. The van der Waals surface area contributed by atoms with Gasteiger partial charge in [-0.25, -0.2) is 0 Å². The molecule has 0 amide bonds. The van der Waals surface area contributed by atoms with E-state index in [-0.39, 0.29) is 17.1 Å². The van der Waals surface area contributed by atoms with Crippen molar-refractivity contribution < 1.29 is 31.5 Å². The monoisotopic (exact) mass is 342 g/mol. The number of aryl methyl sites for hydroxylation is 1. The van der Waals surface area contributed by atoms with Gasteiger partial charge in [-0.15, -0.1) is 0 Å². The third-order valence-corrected chi connectivity index (χ3v) is 5.59. The van der Waals surface area contributed by atoms with Crippen molar-refractivity contribution in [2.75, 3.05) is 6.61 Å². The second kappa shape index (κ2) is 5.51. The Morgan fingerprint density at radius 1 is 1.09 bits per heavy atom. The van der Waals surface area contributed by atoms with E-state index in [9.17, 15) is 8.42 Å². The summed E-state index contributed by atoms with van der Waals surface area (Å²) >= 11 is 0. The van der Waals surface area contributed by atoms with Crippen LogP contribution in [0, 0.1) is 6.92 Å². The molecule has 2 bridgehead atoms. The Morgan fingerprint density at radius 2 is 1.78 bits per heavy atom. The van der Waals surface area contributed by atoms with E-state index < -0.39 is 34.9 Å². The van der Waals surface area contributed by atoms with Crippen LogP contribution in [0.5, 0.6) is 0 Å². The maximum Gasteiger partial charge on any atom is 0.297 e. The summed E-state index contributed by atoms with van der Waals surface area (Å²) in [6, 6.07) is 6.46. The Labute approximate surface area is 134 Å². The Kier molecular flexibility index (Phi) is 3.71. The molecule has 126 valence electrons. The molecule has 0 radical (unpaired) electrons. The lowest BCUT2D eigenvalue weighted by Crippen LogP contribution is -2.53. The molecule has 8 heteroatoms. The van der Waals surface area contributed by atoms with Crippen molar-refractivity contribution in [2.45, 2.75) is 55.7 Å². The van der Waals surface area contributed by atoms with Gasteiger partial charge in [-0.05, 0) is 26.0 Å². The molecule has 0 spiro atoms. The molecule has 7 nitrogen and oxygen atoms in total. The Balaban J connectivity index is 1.60. The summed E-state index contributed by atoms with van der Waals surface area (Å²) in [6.07, 6.45) is -3.26. The molecule has 3 aliphatic heterocycles. The largest absolute Gasteiger partial charge is 0.347 e. The van der Waals surface area contributed by atoms with E-state index in [4.69, 9.17) is 23.1 Å². The molecule has 3 aliphatic rings. The molecule has 6 atom stereocenters. The van der Waals surface area contributed by atoms with Crippen LogP contribution in [-0.2, 0) is 33.2 Å². The smallest absolute Gasteiger partial charge is 0.297 e. The first-order valence-electron chi connectivity index (χ1n) is 7.52. The third-order valence-electron chi connectivity index (χ3n) is 4.26. The molecular weight excluding hydrogens is 324 g/mol. The van der Waals surface area contributed by atoms with Crippen LogP contribution in [0.4, 0.5) is 0 Å². The van der Waals surface area contributed by atoms with E-state index in [2.05, 4.69) is 0 Å². The topological polar surface area (TPSA) is 80.3 Å². The number of rotatable bonds is 3. The average Bonchev–Trinajstić information content (AvgIpc) is 3.09. The van der Waals surface area contributed by atoms with Gasteiger partial charge in [0.25, 0.3) is 10.1 Å². The molecule has 3 fully saturated rings. The van der Waals surface area contributed by atoms with E-state index in [1.807, 2.05) is 6.92 Å². The normalized spacial score (nSPS) is 39.4. The lowest BCUT2D eigenvalue weighted by Gasteiger charge is -2.34. The molecule has 23 heavy (non-hydrogen) atoms. The first-order chi connectivity index (χ1) is 10.9. The summed E-state index contributed by atoms with van der Waals surface area (Å²) in [5.41, 5.74) is 0.966. The van der Waals surface area contributed by atoms with Crippen molar-refractivity contribution in [1.29, 1.82) is 0 Å². The highest BCUT2D eigenvalue weighted by Crippen LogP contribution is 2.39. The third kappa shape index (κ3) is 2.69. The number of hydrogen-bond acceptors (Lipinski definition) is 7. The van der Waals surface area contributed by atoms with Crippen LogP contribution in [0.2, 0.25) is 0 Å². The van der Waals surface area contributed by atoms with Gasteiger partial charge in [0.1, 0.15) is 18.3 Å². The maximum atomic E-state index is 12.5. The molecule has 3 heterocycles. The summed E-state index contributed by atoms with van der Waals surface area (Å²) in [6.45, 7) is 3.99. The summed E-state index contributed by atoms with van der Waals surface area (Å²) in [4.78, 5) is 0.0896. The molecule has 6 unspecified atom stereocenters. The quantitative estimate of drug-likeness (QED) is 0.757. The minimum absolute atomic E-state index is 0.0896. The second-order valence-corrected chi connectivity index (χ2v) is 7.55. The SMILES string of the molecule is Cc1ccc(S(=O)(=O)OC2C3OCC(O3)C3OC(C)OC32)cc1. The molecular formula is C15H18O7S. The van der Waals surface area contributed by atoms with Gasteiger partial charge in [-0.1, -0.05) is 17.7 Å². The zero-order chi connectivity index (χ0) is 16.2. The predicted molar refractivity (Wildman–Crippen MR) is 77.1 cm³/mol. The fourth-order valence-electron chi connectivity index (χ4n) is 3.14. The standard InChI is InChI=1S/C15H18O7S/c1-8-3-5-10(6-4-8)23(16,17)22-14-13-12(19-9(2)20-13)11-7-18-15(14)21-11/h3-6,9,11-15H,7H2,1-2H3. The van der Waals surface area contributed by atoms with Crippen molar-refractivity contribution in [3.05, 3.63) is 29.8 Å². The van der Waals surface area contributed by atoms with Crippen LogP contribution in [0.1, 0.15) is 12.5 Å². The molecule has 0 aliphatic carbocycles.